The number of hydrogen-bond donors (Lipinski definition) is 1. The van der Waals surface area contributed by atoms with Crippen molar-refractivity contribution in [2.24, 2.45) is 5.73 Å². The van der Waals surface area contributed by atoms with Crippen molar-refractivity contribution in [2.45, 2.75) is 31.4 Å². The van der Waals surface area contributed by atoms with Crippen molar-refractivity contribution in [2.75, 3.05) is 19.7 Å². The van der Waals surface area contributed by atoms with E-state index in [0.29, 0.717) is 13.0 Å². The number of piperidine rings is 1. The molecule has 1 saturated heterocycles. The lowest BCUT2D eigenvalue weighted by Gasteiger charge is -2.38. The zero-order valence-electron chi connectivity index (χ0n) is 14.5. The molecule has 1 amide bonds. The van der Waals surface area contributed by atoms with Gasteiger partial charge in [-0.3, -0.25) is 9.69 Å². The van der Waals surface area contributed by atoms with Gasteiger partial charge >= 0.3 is 0 Å². The number of nitrogens with zero attached hydrogens (tertiary/aromatic N) is 1. The highest BCUT2D eigenvalue weighted by atomic mass is 16.5. The maximum absolute atomic E-state index is 10.8. The molecule has 3 rings (SSSR count). The van der Waals surface area contributed by atoms with Gasteiger partial charge in [-0.25, -0.2) is 0 Å². The Balaban J connectivity index is 1.66. The Morgan fingerprint density at radius 1 is 1.00 bits per heavy atom. The zero-order chi connectivity index (χ0) is 17.5. The summed E-state index contributed by atoms with van der Waals surface area (Å²) in [6, 6.07) is 21.6. The number of likely N-dealkylation sites (tertiary alicyclic amines) is 1. The summed E-state index contributed by atoms with van der Waals surface area (Å²) in [6.07, 6.45) is 2.49. The van der Waals surface area contributed by atoms with Crippen LogP contribution in [0.1, 0.15) is 36.4 Å². The van der Waals surface area contributed by atoms with Gasteiger partial charge in [0, 0.05) is 19.5 Å². The zero-order valence-corrected chi connectivity index (χ0v) is 14.5. The van der Waals surface area contributed by atoms with E-state index in [-0.39, 0.29) is 18.1 Å². The van der Waals surface area contributed by atoms with Gasteiger partial charge < -0.3 is 10.5 Å². The molecule has 25 heavy (non-hydrogen) atoms. The lowest BCUT2D eigenvalue weighted by atomic mass is 9.94. The van der Waals surface area contributed by atoms with Gasteiger partial charge in [0.2, 0.25) is 5.91 Å². The van der Waals surface area contributed by atoms with Crippen molar-refractivity contribution in [3.8, 4) is 0 Å². The van der Waals surface area contributed by atoms with E-state index in [0.717, 1.165) is 25.9 Å². The summed E-state index contributed by atoms with van der Waals surface area (Å²) >= 11 is 0. The van der Waals surface area contributed by atoms with Crippen molar-refractivity contribution in [1.82, 2.24) is 4.90 Å². The molecule has 4 heteroatoms. The summed E-state index contributed by atoms with van der Waals surface area (Å²) in [5, 5.41) is 0. The van der Waals surface area contributed by atoms with Gasteiger partial charge in [0.25, 0.3) is 0 Å². The van der Waals surface area contributed by atoms with E-state index in [1.807, 2.05) is 0 Å². The molecule has 0 radical (unpaired) electrons. The molecule has 2 aromatic rings. The van der Waals surface area contributed by atoms with E-state index >= 15 is 0 Å². The van der Waals surface area contributed by atoms with E-state index in [1.165, 1.54) is 11.1 Å². The second-order valence-electron chi connectivity index (χ2n) is 6.55. The Hall–Kier alpha value is -2.17. The highest BCUT2D eigenvalue weighted by molar-refractivity contribution is 5.73. The summed E-state index contributed by atoms with van der Waals surface area (Å²) in [5.74, 6) is -0.300. The fourth-order valence-corrected chi connectivity index (χ4v) is 3.51. The Kier molecular flexibility index (Phi) is 6.20. The van der Waals surface area contributed by atoms with Crippen molar-refractivity contribution in [1.29, 1.82) is 0 Å². The smallest absolute Gasteiger partial charge is 0.219 e. The number of hydrogen-bond acceptors (Lipinski definition) is 3. The number of amides is 1. The first-order chi connectivity index (χ1) is 12.2. The molecular weight excluding hydrogens is 312 g/mol. The van der Waals surface area contributed by atoms with E-state index in [4.69, 9.17) is 10.5 Å². The fraction of sp³-hybridized carbons (Fsp3) is 0.381. The summed E-state index contributed by atoms with van der Waals surface area (Å²) < 4.78 is 5.81. The van der Waals surface area contributed by atoms with Crippen LogP contribution in [0.25, 0.3) is 0 Å². The largest absolute Gasteiger partial charge is 0.378 e. The number of carbonyl (C=O) groups is 1. The average molecular weight is 338 g/mol. The standard InChI is InChI=1S/C21H26N2O2/c22-20(24)13-16-25-19-11-14-23(15-12-19)21(17-7-3-1-4-8-17)18-9-5-2-6-10-18/h1-10,19,21H,11-16H2,(H2,22,24). The van der Waals surface area contributed by atoms with Crippen molar-refractivity contribution >= 4 is 5.91 Å². The minimum Gasteiger partial charge on any atom is -0.378 e. The van der Waals surface area contributed by atoms with Crippen LogP contribution in [0.5, 0.6) is 0 Å². The van der Waals surface area contributed by atoms with Crippen LogP contribution in [0, 0.1) is 0 Å². The summed E-state index contributed by atoms with van der Waals surface area (Å²) in [4.78, 5) is 13.4. The predicted octanol–water partition coefficient (Wildman–Crippen LogP) is 3.13. The summed E-state index contributed by atoms with van der Waals surface area (Å²) in [7, 11) is 0. The third-order valence-corrected chi connectivity index (χ3v) is 4.77. The monoisotopic (exact) mass is 338 g/mol. The average Bonchev–Trinajstić information content (AvgIpc) is 2.65. The number of primary amides is 1. The molecule has 1 heterocycles. The third-order valence-electron chi connectivity index (χ3n) is 4.77. The Bertz CT molecular complexity index is 613. The SMILES string of the molecule is NC(=O)CCOC1CCN(C(c2ccccc2)c2ccccc2)CC1. The summed E-state index contributed by atoms with van der Waals surface area (Å²) in [6.45, 7) is 2.40. The maximum Gasteiger partial charge on any atom is 0.219 e. The molecule has 0 unspecified atom stereocenters. The van der Waals surface area contributed by atoms with Gasteiger partial charge in [-0.05, 0) is 24.0 Å². The molecule has 0 spiro atoms. The van der Waals surface area contributed by atoms with Gasteiger partial charge in [0.1, 0.15) is 0 Å². The van der Waals surface area contributed by atoms with Gasteiger partial charge in [-0.1, -0.05) is 60.7 Å². The third kappa shape index (κ3) is 4.91. The molecule has 0 aliphatic carbocycles. The molecule has 1 aliphatic rings. The van der Waals surface area contributed by atoms with Crippen molar-refractivity contribution in [3.05, 3.63) is 71.8 Å². The van der Waals surface area contributed by atoms with Gasteiger partial charge in [0.05, 0.1) is 18.8 Å². The lowest BCUT2D eigenvalue weighted by molar-refractivity contribution is -0.119. The van der Waals surface area contributed by atoms with Crippen molar-refractivity contribution in [3.63, 3.8) is 0 Å². The molecule has 1 aliphatic heterocycles. The molecule has 0 saturated carbocycles. The molecule has 2 N–H and O–H groups in total. The predicted molar refractivity (Wildman–Crippen MR) is 99.1 cm³/mol. The van der Waals surface area contributed by atoms with Gasteiger partial charge in [0.15, 0.2) is 0 Å². The minimum absolute atomic E-state index is 0.225. The number of benzene rings is 2. The van der Waals surface area contributed by atoms with Gasteiger partial charge in [-0.15, -0.1) is 0 Å². The first-order valence-electron chi connectivity index (χ1n) is 8.98. The number of rotatable bonds is 7. The van der Waals surface area contributed by atoms with Crippen LogP contribution in [-0.4, -0.2) is 36.6 Å². The normalized spacial score (nSPS) is 16.2. The van der Waals surface area contributed by atoms with Crippen LogP contribution >= 0.6 is 0 Å². The van der Waals surface area contributed by atoms with E-state index in [1.54, 1.807) is 0 Å². The molecule has 2 aromatic carbocycles. The van der Waals surface area contributed by atoms with Crippen molar-refractivity contribution < 1.29 is 9.53 Å². The van der Waals surface area contributed by atoms with Crippen LogP contribution in [-0.2, 0) is 9.53 Å². The number of nitrogens with two attached hydrogens (primary N) is 1. The van der Waals surface area contributed by atoms with Crippen LogP contribution in [0.2, 0.25) is 0 Å². The number of carbonyl (C=O) groups excluding carboxylic acids is 1. The molecule has 0 bridgehead atoms. The van der Waals surface area contributed by atoms with E-state index in [2.05, 4.69) is 65.6 Å². The topological polar surface area (TPSA) is 55.6 Å². The molecule has 4 nitrogen and oxygen atoms in total. The quantitative estimate of drug-likeness (QED) is 0.844. The van der Waals surface area contributed by atoms with Crippen LogP contribution in [0.15, 0.2) is 60.7 Å². The minimum atomic E-state index is -0.300. The summed E-state index contributed by atoms with van der Waals surface area (Å²) in [5.41, 5.74) is 7.81. The Labute approximate surface area is 149 Å². The van der Waals surface area contributed by atoms with E-state index < -0.39 is 0 Å². The number of ether oxygens (including phenoxy) is 1. The van der Waals surface area contributed by atoms with Crippen LogP contribution in [0.4, 0.5) is 0 Å². The lowest BCUT2D eigenvalue weighted by Crippen LogP contribution is -2.40. The second-order valence-corrected chi connectivity index (χ2v) is 6.55. The molecule has 1 fully saturated rings. The highest BCUT2D eigenvalue weighted by Gasteiger charge is 2.27. The van der Waals surface area contributed by atoms with Crippen LogP contribution in [0.3, 0.4) is 0 Å². The fourth-order valence-electron chi connectivity index (χ4n) is 3.51. The highest BCUT2D eigenvalue weighted by Crippen LogP contribution is 2.31. The molecule has 132 valence electrons. The van der Waals surface area contributed by atoms with Crippen LogP contribution < -0.4 is 5.73 Å². The van der Waals surface area contributed by atoms with Gasteiger partial charge in [-0.2, -0.15) is 0 Å². The Morgan fingerprint density at radius 3 is 2.00 bits per heavy atom. The Morgan fingerprint density at radius 2 is 1.52 bits per heavy atom. The molecule has 0 atom stereocenters. The first-order valence-corrected chi connectivity index (χ1v) is 8.98. The molecular formula is C21H26N2O2. The van der Waals surface area contributed by atoms with E-state index in [9.17, 15) is 4.79 Å². The maximum atomic E-state index is 10.8. The second kappa shape index (κ2) is 8.79. The first kappa shape index (κ1) is 17.6. The molecule has 0 aromatic heterocycles.